The van der Waals surface area contributed by atoms with Gasteiger partial charge in [0.05, 0.1) is 6.10 Å². The normalized spacial score (nSPS) is 12.1. The van der Waals surface area contributed by atoms with Gasteiger partial charge in [0.2, 0.25) is 0 Å². The average molecular weight is 286 g/mol. The van der Waals surface area contributed by atoms with Crippen molar-refractivity contribution in [3.05, 3.63) is 24.0 Å². The summed E-state index contributed by atoms with van der Waals surface area (Å²) in [5.74, 6) is -0.350. The number of nitrogens with one attached hydrogen (secondary N) is 1. The third kappa shape index (κ3) is 5.08. The second-order valence-electron chi connectivity index (χ2n) is 4.34. The van der Waals surface area contributed by atoms with E-state index in [1.54, 1.807) is 32.4 Å². The predicted molar refractivity (Wildman–Crippen MR) is 76.1 cm³/mol. The molecular weight excluding hydrogens is 267 g/mol. The lowest BCUT2D eigenvalue weighted by Gasteiger charge is -2.18. The number of rotatable bonds is 5. The van der Waals surface area contributed by atoms with E-state index in [9.17, 15) is 9.18 Å². The molecule has 0 aliphatic rings. The molecule has 4 nitrogen and oxygen atoms in total. The molecule has 1 rings (SSSR count). The van der Waals surface area contributed by atoms with Crippen LogP contribution in [-0.2, 0) is 0 Å². The van der Waals surface area contributed by atoms with E-state index in [1.165, 1.54) is 22.7 Å². The molecule has 0 bridgehead atoms. The maximum Gasteiger partial charge on any atom is 0.321 e. The third-order valence-corrected chi connectivity index (χ3v) is 3.40. The first-order valence-electron chi connectivity index (χ1n) is 5.97. The molecule has 6 heteroatoms. The Morgan fingerprint density at radius 1 is 1.58 bits per heavy atom. The number of hydrogen-bond acceptors (Lipinski definition) is 3. The first kappa shape index (κ1) is 15.8. The van der Waals surface area contributed by atoms with Gasteiger partial charge in [-0.3, -0.25) is 0 Å². The highest BCUT2D eigenvalue weighted by Gasteiger charge is 2.11. The van der Waals surface area contributed by atoms with Gasteiger partial charge in [-0.05, 0) is 37.8 Å². The van der Waals surface area contributed by atoms with Crippen LogP contribution in [0.1, 0.15) is 13.3 Å². The lowest BCUT2D eigenvalue weighted by Crippen LogP contribution is -2.33. The zero-order chi connectivity index (χ0) is 14.4. The van der Waals surface area contributed by atoms with Gasteiger partial charge in [0.25, 0.3) is 0 Å². The second kappa shape index (κ2) is 7.35. The summed E-state index contributed by atoms with van der Waals surface area (Å²) in [6.07, 6.45) is 1.85. The number of urea groups is 1. The minimum Gasteiger partial charge on any atom is -0.393 e. The van der Waals surface area contributed by atoms with Crippen molar-refractivity contribution in [3.63, 3.8) is 0 Å². The van der Waals surface area contributed by atoms with Crippen LogP contribution in [0, 0.1) is 5.82 Å². The summed E-state index contributed by atoms with van der Waals surface area (Å²) in [4.78, 5) is 13.8. The Kier molecular flexibility index (Phi) is 6.11. The molecule has 0 heterocycles. The van der Waals surface area contributed by atoms with Crippen molar-refractivity contribution in [2.24, 2.45) is 0 Å². The molecule has 1 aromatic rings. The van der Waals surface area contributed by atoms with Gasteiger partial charge in [-0.1, -0.05) is 0 Å². The van der Waals surface area contributed by atoms with Gasteiger partial charge in [0, 0.05) is 24.2 Å². The third-order valence-electron chi connectivity index (χ3n) is 2.63. The van der Waals surface area contributed by atoms with Crippen molar-refractivity contribution in [3.8, 4) is 0 Å². The van der Waals surface area contributed by atoms with Crippen molar-refractivity contribution in [2.75, 3.05) is 25.2 Å². The zero-order valence-electron chi connectivity index (χ0n) is 11.3. The fourth-order valence-electron chi connectivity index (χ4n) is 1.45. The molecule has 19 heavy (non-hydrogen) atoms. The first-order chi connectivity index (χ1) is 8.93. The van der Waals surface area contributed by atoms with Crippen LogP contribution in [0.15, 0.2) is 23.1 Å². The fourth-order valence-corrected chi connectivity index (χ4v) is 1.90. The quantitative estimate of drug-likeness (QED) is 0.818. The van der Waals surface area contributed by atoms with Crippen LogP contribution in [0.25, 0.3) is 0 Å². The van der Waals surface area contributed by atoms with Crippen LogP contribution < -0.4 is 5.32 Å². The highest BCUT2D eigenvalue weighted by atomic mass is 32.2. The van der Waals surface area contributed by atoms with Gasteiger partial charge in [-0.25, -0.2) is 9.18 Å². The number of aliphatic hydroxyl groups is 1. The van der Waals surface area contributed by atoms with Crippen LogP contribution in [0.2, 0.25) is 0 Å². The molecule has 1 aromatic carbocycles. The van der Waals surface area contributed by atoms with Crippen LogP contribution in [0.4, 0.5) is 14.9 Å². The summed E-state index contributed by atoms with van der Waals surface area (Å²) in [5.41, 5.74) is 0.421. The smallest absolute Gasteiger partial charge is 0.321 e. The molecule has 106 valence electrons. The van der Waals surface area contributed by atoms with Gasteiger partial charge >= 0.3 is 6.03 Å². The Bertz CT molecular complexity index is 441. The number of hydrogen-bond donors (Lipinski definition) is 2. The number of nitrogens with zero attached hydrogens (tertiary/aromatic N) is 1. The van der Waals surface area contributed by atoms with Crippen molar-refractivity contribution < 1.29 is 14.3 Å². The molecule has 0 saturated heterocycles. The summed E-state index contributed by atoms with van der Waals surface area (Å²) >= 11 is 1.31. The van der Waals surface area contributed by atoms with E-state index in [-0.39, 0.29) is 11.8 Å². The molecule has 0 aromatic heterocycles. The molecule has 1 atom stereocenters. The molecule has 0 radical (unpaired) electrons. The molecule has 0 unspecified atom stereocenters. The maximum atomic E-state index is 13.5. The minimum atomic E-state index is -0.450. The van der Waals surface area contributed by atoms with Gasteiger partial charge in [-0.2, -0.15) is 0 Å². The molecule has 2 N–H and O–H groups in total. The van der Waals surface area contributed by atoms with Gasteiger partial charge in [-0.15, -0.1) is 11.8 Å². The highest BCUT2D eigenvalue weighted by Crippen LogP contribution is 2.22. The van der Waals surface area contributed by atoms with Crippen LogP contribution >= 0.6 is 11.8 Å². The Hall–Kier alpha value is -1.27. The summed E-state index contributed by atoms with van der Waals surface area (Å²) in [7, 11) is 1.63. The number of benzene rings is 1. The lowest BCUT2D eigenvalue weighted by atomic mass is 10.3. The molecule has 0 aliphatic carbocycles. The number of anilines is 1. The minimum absolute atomic E-state index is 0.322. The molecule has 0 aliphatic heterocycles. The van der Waals surface area contributed by atoms with Crippen LogP contribution in [-0.4, -0.2) is 42.0 Å². The van der Waals surface area contributed by atoms with Crippen LogP contribution in [0.5, 0.6) is 0 Å². The van der Waals surface area contributed by atoms with E-state index >= 15 is 0 Å². The number of carbonyl (C=O) groups is 1. The number of carbonyl (C=O) groups excluding carboxylic acids is 1. The fraction of sp³-hybridized carbons (Fsp3) is 0.462. The Morgan fingerprint density at radius 3 is 2.79 bits per heavy atom. The average Bonchev–Trinajstić information content (AvgIpc) is 2.36. The molecule has 0 spiro atoms. The van der Waals surface area contributed by atoms with Crippen molar-refractivity contribution in [1.29, 1.82) is 0 Å². The number of amides is 2. The highest BCUT2D eigenvalue weighted by molar-refractivity contribution is 7.98. The Balaban J connectivity index is 2.59. The summed E-state index contributed by atoms with van der Waals surface area (Å²) < 4.78 is 13.5. The van der Waals surface area contributed by atoms with Crippen molar-refractivity contribution in [2.45, 2.75) is 24.3 Å². The predicted octanol–water partition coefficient (Wildman–Crippen LogP) is 2.78. The Morgan fingerprint density at radius 2 is 2.26 bits per heavy atom. The number of halogens is 1. The van der Waals surface area contributed by atoms with E-state index in [0.29, 0.717) is 23.5 Å². The van der Waals surface area contributed by atoms with Gasteiger partial charge in [0.1, 0.15) is 5.82 Å². The van der Waals surface area contributed by atoms with Crippen molar-refractivity contribution >= 4 is 23.5 Å². The monoisotopic (exact) mass is 286 g/mol. The SMILES string of the molecule is CSc1ccc(NC(=O)N(C)CC[C@@H](C)O)cc1F. The van der Waals surface area contributed by atoms with E-state index < -0.39 is 6.10 Å². The lowest BCUT2D eigenvalue weighted by molar-refractivity contribution is 0.167. The van der Waals surface area contributed by atoms with E-state index in [1.807, 2.05) is 0 Å². The molecule has 0 fully saturated rings. The van der Waals surface area contributed by atoms with Gasteiger partial charge in [0.15, 0.2) is 0 Å². The van der Waals surface area contributed by atoms with E-state index in [4.69, 9.17) is 5.11 Å². The maximum absolute atomic E-state index is 13.5. The second-order valence-corrected chi connectivity index (χ2v) is 5.19. The first-order valence-corrected chi connectivity index (χ1v) is 7.20. The standard InChI is InChI=1S/C13H19FN2O2S/c1-9(17)6-7-16(2)13(18)15-10-4-5-12(19-3)11(14)8-10/h4-5,8-9,17H,6-7H2,1-3H3,(H,15,18)/t9-/m1/s1. The van der Waals surface area contributed by atoms with E-state index in [0.717, 1.165) is 0 Å². The largest absolute Gasteiger partial charge is 0.393 e. The number of aliphatic hydroxyl groups excluding tert-OH is 1. The summed E-state index contributed by atoms with van der Waals surface area (Å²) in [6, 6.07) is 4.27. The summed E-state index contributed by atoms with van der Waals surface area (Å²) in [6.45, 7) is 2.11. The Labute approximate surface area is 117 Å². The molecule has 0 saturated carbocycles. The molecular formula is C13H19FN2O2S. The zero-order valence-corrected chi connectivity index (χ0v) is 12.1. The molecule has 2 amide bonds. The van der Waals surface area contributed by atoms with Gasteiger partial charge < -0.3 is 15.3 Å². The van der Waals surface area contributed by atoms with Crippen molar-refractivity contribution in [1.82, 2.24) is 4.90 Å². The van der Waals surface area contributed by atoms with Crippen LogP contribution in [0.3, 0.4) is 0 Å². The topological polar surface area (TPSA) is 52.6 Å². The summed E-state index contributed by atoms with van der Waals surface area (Å²) in [5, 5.41) is 11.8. The number of thioether (sulfide) groups is 1. The van der Waals surface area contributed by atoms with E-state index in [2.05, 4.69) is 5.32 Å².